The second-order valence-electron chi connectivity index (χ2n) is 12.0. The van der Waals surface area contributed by atoms with Crippen molar-refractivity contribution in [3.8, 4) is 0 Å². The second-order valence-corrected chi connectivity index (χ2v) is 12.4. The monoisotopic (exact) mass is 608 g/mol. The second kappa shape index (κ2) is 13.2. The number of aryl methyl sites for hydroxylation is 1. The number of fused-ring (bicyclic) bond motifs is 1. The Balaban J connectivity index is 1.51. The Kier molecular flexibility index (Phi) is 9.82. The highest BCUT2D eigenvalue weighted by molar-refractivity contribution is 6.31. The van der Waals surface area contributed by atoms with Crippen LogP contribution in [0.5, 0.6) is 0 Å². The number of aromatic nitrogens is 1. The van der Waals surface area contributed by atoms with E-state index in [2.05, 4.69) is 22.5 Å². The van der Waals surface area contributed by atoms with Gasteiger partial charge in [0.2, 0.25) is 12.0 Å². The number of H-pyrrole nitrogens is 1. The molecule has 11 heteroatoms. The molecule has 1 aliphatic heterocycles. The van der Waals surface area contributed by atoms with Crippen molar-refractivity contribution in [2.45, 2.75) is 65.2 Å². The third kappa shape index (κ3) is 7.74. The van der Waals surface area contributed by atoms with Crippen molar-refractivity contribution in [2.75, 3.05) is 19.6 Å². The minimum Gasteiger partial charge on any atom is -0.353 e. The standard InChI is InChI=1S/C32H39ClN5O5/c1-5-20-10-11-24-22(16-20)17-25(37-24)28(40)36-19-32(30(42)35-18-21-8-6-7-9-23(21)33)12-14-38(15-13-32)29(41)26(27(34)39)43-31(2,3)4/h6-11,16-17,26,34,37H,5,12-15,18-19H2,1-4H3,(H,35,42)(H,36,40). The molecule has 1 fully saturated rings. The van der Waals surface area contributed by atoms with Gasteiger partial charge in [0.05, 0.1) is 11.0 Å². The first-order valence-corrected chi connectivity index (χ1v) is 14.8. The summed E-state index contributed by atoms with van der Waals surface area (Å²) < 4.78 is 5.60. The molecule has 0 bridgehead atoms. The van der Waals surface area contributed by atoms with Crippen LogP contribution in [0.1, 0.15) is 62.2 Å². The van der Waals surface area contributed by atoms with Gasteiger partial charge in [0.25, 0.3) is 17.7 Å². The van der Waals surface area contributed by atoms with Gasteiger partial charge in [0.1, 0.15) is 5.69 Å². The maximum atomic E-state index is 13.7. The van der Waals surface area contributed by atoms with Gasteiger partial charge in [-0.05, 0) is 75.4 Å². The van der Waals surface area contributed by atoms with E-state index in [1.54, 1.807) is 32.9 Å². The SMILES string of the molecule is CCc1ccc2[nH]c(C(=O)NCC3(C(=O)NCc4ccccc4Cl)CCN(C(=O)C(OC(C)(C)C)C([NH])=O)CC3)cc2c1. The summed E-state index contributed by atoms with van der Waals surface area (Å²) in [4.78, 5) is 56.8. The minimum absolute atomic E-state index is 0.0388. The molecule has 1 saturated heterocycles. The molecule has 1 aliphatic rings. The van der Waals surface area contributed by atoms with E-state index in [4.69, 9.17) is 22.1 Å². The predicted molar refractivity (Wildman–Crippen MR) is 164 cm³/mol. The van der Waals surface area contributed by atoms with Crippen LogP contribution in [0, 0.1) is 5.41 Å². The Bertz CT molecular complexity index is 1500. The summed E-state index contributed by atoms with van der Waals surface area (Å²) in [5, 5.41) is 7.36. The zero-order valence-electron chi connectivity index (χ0n) is 25.0. The normalized spacial score (nSPS) is 15.6. The van der Waals surface area contributed by atoms with Crippen LogP contribution >= 0.6 is 11.6 Å². The van der Waals surface area contributed by atoms with E-state index >= 15 is 0 Å². The molecule has 2 heterocycles. The molecule has 3 aromatic rings. The zero-order valence-corrected chi connectivity index (χ0v) is 25.8. The number of halogens is 1. The summed E-state index contributed by atoms with van der Waals surface area (Å²) in [5.74, 6) is -2.34. The van der Waals surface area contributed by atoms with Crippen LogP contribution < -0.4 is 16.4 Å². The minimum atomic E-state index is -1.54. The van der Waals surface area contributed by atoms with E-state index in [0.717, 1.165) is 28.5 Å². The lowest BCUT2D eigenvalue weighted by Gasteiger charge is -2.41. The maximum absolute atomic E-state index is 13.7. The summed E-state index contributed by atoms with van der Waals surface area (Å²) >= 11 is 6.30. The fraction of sp³-hybridized carbons (Fsp3) is 0.438. The first kappa shape index (κ1) is 32.0. The Hall–Kier alpha value is -3.89. The molecule has 1 atom stereocenters. The zero-order chi connectivity index (χ0) is 31.4. The topological polar surface area (TPSA) is 144 Å². The fourth-order valence-electron chi connectivity index (χ4n) is 5.25. The van der Waals surface area contributed by atoms with Crippen LogP contribution in [-0.2, 0) is 32.1 Å². The third-order valence-electron chi connectivity index (χ3n) is 7.77. The lowest BCUT2D eigenvalue weighted by molar-refractivity contribution is -0.163. The van der Waals surface area contributed by atoms with E-state index in [0.29, 0.717) is 10.7 Å². The van der Waals surface area contributed by atoms with Crippen molar-refractivity contribution in [3.63, 3.8) is 0 Å². The summed E-state index contributed by atoms with van der Waals surface area (Å²) in [6, 6.07) is 15.0. The number of amides is 4. The number of carbonyl (C=O) groups excluding carboxylic acids is 4. The van der Waals surface area contributed by atoms with Gasteiger partial charge < -0.3 is 25.3 Å². The summed E-state index contributed by atoms with van der Waals surface area (Å²) in [6.07, 6.45) is -0.202. The van der Waals surface area contributed by atoms with E-state index in [1.165, 1.54) is 4.90 Å². The molecule has 4 rings (SSSR count). The van der Waals surface area contributed by atoms with E-state index in [-0.39, 0.29) is 50.8 Å². The number of hydrogen-bond donors (Lipinski definition) is 3. The van der Waals surface area contributed by atoms with Crippen LogP contribution in [-0.4, -0.2) is 64.9 Å². The van der Waals surface area contributed by atoms with Crippen LogP contribution in [0.4, 0.5) is 0 Å². The third-order valence-corrected chi connectivity index (χ3v) is 8.14. The van der Waals surface area contributed by atoms with Crippen molar-refractivity contribution in [3.05, 3.63) is 70.4 Å². The van der Waals surface area contributed by atoms with Crippen LogP contribution in [0.25, 0.3) is 10.9 Å². The van der Waals surface area contributed by atoms with Gasteiger partial charge >= 0.3 is 0 Å². The Labute approximate surface area is 256 Å². The Morgan fingerprint density at radius 1 is 1.07 bits per heavy atom. The molecular weight excluding hydrogens is 570 g/mol. The number of benzene rings is 2. The molecule has 229 valence electrons. The van der Waals surface area contributed by atoms with Gasteiger partial charge in [-0.2, -0.15) is 0 Å². The van der Waals surface area contributed by atoms with Gasteiger partial charge in [0.15, 0.2) is 0 Å². The molecule has 1 radical (unpaired) electrons. The number of rotatable bonds is 10. The van der Waals surface area contributed by atoms with Crippen molar-refractivity contribution >= 4 is 46.1 Å². The number of hydrogen-bond acceptors (Lipinski definition) is 5. The quantitative estimate of drug-likeness (QED) is 0.298. The smallest absolute Gasteiger partial charge is 0.277 e. The van der Waals surface area contributed by atoms with Gasteiger partial charge in [-0.1, -0.05) is 42.8 Å². The number of piperidine rings is 1. The number of nitrogens with one attached hydrogen (secondary N) is 4. The Morgan fingerprint density at radius 3 is 2.40 bits per heavy atom. The lowest BCUT2D eigenvalue weighted by atomic mass is 9.77. The predicted octanol–water partition coefficient (Wildman–Crippen LogP) is 4.03. The van der Waals surface area contributed by atoms with Crippen molar-refractivity contribution < 1.29 is 23.9 Å². The van der Waals surface area contributed by atoms with Gasteiger partial charge in [-0.3, -0.25) is 24.9 Å². The first-order chi connectivity index (χ1) is 20.3. The largest absolute Gasteiger partial charge is 0.353 e. The maximum Gasteiger partial charge on any atom is 0.277 e. The van der Waals surface area contributed by atoms with E-state index < -0.39 is 28.9 Å². The summed E-state index contributed by atoms with van der Waals surface area (Å²) in [6.45, 7) is 7.73. The molecule has 43 heavy (non-hydrogen) atoms. The molecule has 1 unspecified atom stereocenters. The van der Waals surface area contributed by atoms with E-state index in [9.17, 15) is 19.2 Å². The average molecular weight is 609 g/mol. The lowest BCUT2D eigenvalue weighted by Crippen LogP contribution is -2.57. The molecule has 4 amide bonds. The fourth-order valence-corrected chi connectivity index (χ4v) is 5.45. The van der Waals surface area contributed by atoms with Crippen molar-refractivity contribution in [1.29, 1.82) is 0 Å². The number of likely N-dealkylation sites (tertiary alicyclic amines) is 1. The highest BCUT2D eigenvalue weighted by Gasteiger charge is 2.44. The van der Waals surface area contributed by atoms with Crippen molar-refractivity contribution in [1.82, 2.24) is 26.3 Å². The molecule has 0 aliphatic carbocycles. The van der Waals surface area contributed by atoms with Crippen molar-refractivity contribution in [2.24, 2.45) is 5.41 Å². The van der Waals surface area contributed by atoms with Crippen LogP contribution in [0.3, 0.4) is 0 Å². The number of nitrogens with zero attached hydrogens (tertiary/aromatic N) is 1. The first-order valence-electron chi connectivity index (χ1n) is 14.5. The molecule has 10 nitrogen and oxygen atoms in total. The van der Waals surface area contributed by atoms with E-state index in [1.807, 2.05) is 36.4 Å². The molecule has 0 saturated carbocycles. The van der Waals surface area contributed by atoms with Gasteiger partial charge in [-0.25, -0.2) is 0 Å². The molecule has 0 spiro atoms. The number of aromatic amines is 1. The summed E-state index contributed by atoms with van der Waals surface area (Å²) in [5.41, 5.74) is 8.90. The van der Waals surface area contributed by atoms with Crippen LogP contribution in [0.2, 0.25) is 5.02 Å². The highest BCUT2D eigenvalue weighted by atomic mass is 35.5. The van der Waals surface area contributed by atoms with Crippen LogP contribution in [0.15, 0.2) is 48.5 Å². The molecule has 1 aromatic heterocycles. The molecule has 2 aromatic carbocycles. The van der Waals surface area contributed by atoms with Gasteiger partial charge in [0, 0.05) is 42.1 Å². The average Bonchev–Trinajstić information content (AvgIpc) is 3.41. The Morgan fingerprint density at radius 2 is 1.77 bits per heavy atom. The highest BCUT2D eigenvalue weighted by Crippen LogP contribution is 2.33. The number of carbonyl (C=O) groups is 4. The molecular formula is C32H39ClN5O5. The molecule has 4 N–H and O–H groups in total. The van der Waals surface area contributed by atoms with Gasteiger partial charge in [-0.15, -0.1) is 0 Å². The summed E-state index contributed by atoms with van der Waals surface area (Å²) in [7, 11) is 0. The number of ether oxygens (including phenoxy) is 1.